The van der Waals surface area contributed by atoms with Crippen molar-refractivity contribution in [3.05, 3.63) is 125 Å². The number of rotatable bonds is 5. The highest BCUT2D eigenvalue weighted by molar-refractivity contribution is 9.10. The Morgan fingerprint density at radius 3 is 1.68 bits per heavy atom. The molecular formula is C46H53BrN6O4. The fourth-order valence-electron chi connectivity index (χ4n) is 6.52. The van der Waals surface area contributed by atoms with Gasteiger partial charge < -0.3 is 34.2 Å². The van der Waals surface area contributed by atoms with Crippen LogP contribution in [0.1, 0.15) is 31.9 Å². The SMILES string of the molecule is CN1CCNCC1.Cc1cnc2c(Br)cccc2c1Oc1ccccc1.Cc1cnc2c(N3CCN(C(=O)OC(C)(C)C)CC3)cccc2c1Oc1ccccc1. The largest absolute Gasteiger partial charge is 0.456 e. The Bertz CT molecular complexity index is 2240. The van der Waals surface area contributed by atoms with Gasteiger partial charge in [-0.25, -0.2) is 4.79 Å². The van der Waals surface area contributed by atoms with E-state index in [1.54, 1.807) is 4.90 Å². The number of fused-ring (bicyclic) bond motifs is 2. The maximum atomic E-state index is 12.4. The van der Waals surface area contributed by atoms with Gasteiger partial charge in [-0.15, -0.1) is 0 Å². The number of hydrogen-bond acceptors (Lipinski definition) is 9. The van der Waals surface area contributed by atoms with Gasteiger partial charge in [-0.1, -0.05) is 48.5 Å². The third kappa shape index (κ3) is 11.2. The molecule has 4 aromatic carbocycles. The number of piperazine rings is 2. The van der Waals surface area contributed by atoms with Gasteiger partial charge in [-0.3, -0.25) is 9.97 Å². The molecule has 2 fully saturated rings. The van der Waals surface area contributed by atoms with Crippen LogP contribution in [0.25, 0.3) is 21.8 Å². The van der Waals surface area contributed by atoms with Crippen molar-refractivity contribution in [3.8, 4) is 23.0 Å². The van der Waals surface area contributed by atoms with E-state index in [9.17, 15) is 4.79 Å². The number of halogens is 1. The molecule has 2 aromatic heterocycles. The highest BCUT2D eigenvalue weighted by Gasteiger charge is 2.27. The fraction of sp³-hybridized carbons (Fsp3) is 0.326. The van der Waals surface area contributed by atoms with Crippen molar-refractivity contribution in [3.63, 3.8) is 0 Å². The minimum absolute atomic E-state index is 0.252. The molecule has 8 rings (SSSR count). The van der Waals surface area contributed by atoms with Crippen LogP contribution < -0.4 is 19.7 Å². The van der Waals surface area contributed by atoms with Gasteiger partial charge in [0, 0.05) is 91.1 Å². The van der Waals surface area contributed by atoms with Crippen molar-refractivity contribution in [1.29, 1.82) is 0 Å². The molecule has 0 bridgehead atoms. The summed E-state index contributed by atoms with van der Waals surface area (Å²) in [5, 5.41) is 5.27. The van der Waals surface area contributed by atoms with Crippen molar-refractivity contribution in [1.82, 2.24) is 25.1 Å². The smallest absolute Gasteiger partial charge is 0.410 e. The first-order chi connectivity index (χ1) is 27.5. The normalized spacial score (nSPS) is 14.6. The van der Waals surface area contributed by atoms with Gasteiger partial charge in [0.25, 0.3) is 0 Å². The zero-order valence-corrected chi connectivity index (χ0v) is 35.4. The predicted molar refractivity (Wildman–Crippen MR) is 234 cm³/mol. The number of aromatic nitrogens is 2. The number of aryl methyl sites for hydroxylation is 2. The Kier molecular flexibility index (Phi) is 14.0. The molecule has 1 N–H and O–H groups in total. The topological polar surface area (TPSA) is 92.3 Å². The first-order valence-corrected chi connectivity index (χ1v) is 20.3. The first kappa shape index (κ1) is 41.4. The molecule has 10 nitrogen and oxygen atoms in total. The lowest BCUT2D eigenvalue weighted by atomic mass is 10.1. The highest BCUT2D eigenvalue weighted by Crippen LogP contribution is 2.37. The molecule has 11 heteroatoms. The van der Waals surface area contributed by atoms with Crippen molar-refractivity contribution in [2.24, 2.45) is 0 Å². The third-order valence-corrected chi connectivity index (χ3v) is 10.2. The van der Waals surface area contributed by atoms with Crippen molar-refractivity contribution >= 4 is 49.5 Å². The van der Waals surface area contributed by atoms with Crippen LogP contribution in [0, 0.1) is 13.8 Å². The molecule has 298 valence electrons. The van der Waals surface area contributed by atoms with Gasteiger partial charge in [0.1, 0.15) is 28.6 Å². The fourth-order valence-corrected chi connectivity index (χ4v) is 6.99. The van der Waals surface area contributed by atoms with Crippen LogP contribution in [0.15, 0.2) is 114 Å². The summed E-state index contributed by atoms with van der Waals surface area (Å²) < 4.78 is 18.7. The van der Waals surface area contributed by atoms with Crippen LogP contribution in [0.3, 0.4) is 0 Å². The number of nitrogens with one attached hydrogen (secondary N) is 1. The number of anilines is 1. The molecule has 2 saturated heterocycles. The quantitative estimate of drug-likeness (QED) is 0.182. The zero-order valence-electron chi connectivity index (χ0n) is 33.8. The van der Waals surface area contributed by atoms with Crippen LogP contribution in [0.5, 0.6) is 23.0 Å². The molecule has 0 saturated carbocycles. The number of carbonyl (C=O) groups is 1. The van der Waals surface area contributed by atoms with E-state index in [0.29, 0.717) is 13.1 Å². The van der Waals surface area contributed by atoms with E-state index < -0.39 is 5.60 Å². The van der Waals surface area contributed by atoms with Crippen LogP contribution in [0.4, 0.5) is 10.5 Å². The molecule has 0 atom stereocenters. The predicted octanol–water partition coefficient (Wildman–Crippen LogP) is 10.0. The molecule has 0 radical (unpaired) electrons. The molecule has 1 amide bonds. The Hall–Kier alpha value is -5.23. The van der Waals surface area contributed by atoms with Crippen molar-refractivity contribution in [2.45, 2.75) is 40.2 Å². The lowest BCUT2D eigenvalue weighted by molar-refractivity contribution is 0.0240. The summed E-state index contributed by atoms with van der Waals surface area (Å²) in [5.41, 5.74) is 4.40. The van der Waals surface area contributed by atoms with Gasteiger partial charge in [0.15, 0.2) is 0 Å². The Labute approximate surface area is 344 Å². The van der Waals surface area contributed by atoms with Crippen LogP contribution in [0.2, 0.25) is 0 Å². The number of carbonyl (C=O) groups excluding carboxylic acids is 1. The minimum atomic E-state index is -0.485. The van der Waals surface area contributed by atoms with Crippen LogP contribution in [-0.2, 0) is 4.74 Å². The summed E-state index contributed by atoms with van der Waals surface area (Å²) in [4.78, 5) is 27.9. The number of nitrogens with zero attached hydrogens (tertiary/aromatic N) is 5. The second-order valence-corrected chi connectivity index (χ2v) is 16.0. The van der Waals surface area contributed by atoms with Crippen molar-refractivity contribution in [2.75, 3.05) is 64.3 Å². The Morgan fingerprint density at radius 2 is 1.18 bits per heavy atom. The molecule has 0 unspecified atom stereocenters. The lowest BCUT2D eigenvalue weighted by Crippen LogP contribution is -2.50. The van der Waals surface area contributed by atoms with E-state index in [1.165, 1.54) is 13.1 Å². The number of para-hydroxylation sites is 4. The summed E-state index contributed by atoms with van der Waals surface area (Å²) >= 11 is 3.52. The number of pyridine rings is 2. The second-order valence-electron chi connectivity index (χ2n) is 15.2. The van der Waals surface area contributed by atoms with Gasteiger partial charge in [0.2, 0.25) is 0 Å². The Balaban J connectivity index is 0.000000177. The lowest BCUT2D eigenvalue weighted by Gasteiger charge is -2.37. The van der Waals surface area contributed by atoms with Gasteiger partial charge in [-0.05, 0) is 106 Å². The third-order valence-electron chi connectivity index (χ3n) is 9.52. The van der Waals surface area contributed by atoms with E-state index in [1.807, 2.05) is 138 Å². The van der Waals surface area contributed by atoms with Gasteiger partial charge in [0.05, 0.1) is 16.7 Å². The zero-order chi connectivity index (χ0) is 40.4. The molecule has 2 aliphatic heterocycles. The summed E-state index contributed by atoms with van der Waals surface area (Å²) in [6.45, 7) is 17.1. The molecule has 0 aliphatic carbocycles. The van der Waals surface area contributed by atoms with E-state index in [2.05, 4.69) is 49.1 Å². The number of hydrogen-bond donors (Lipinski definition) is 1. The first-order valence-electron chi connectivity index (χ1n) is 19.5. The van der Waals surface area contributed by atoms with Gasteiger partial charge >= 0.3 is 6.09 Å². The molecule has 4 heterocycles. The molecule has 0 spiro atoms. The molecule has 6 aromatic rings. The number of ether oxygens (including phenoxy) is 3. The van der Waals surface area contributed by atoms with Gasteiger partial charge in [-0.2, -0.15) is 0 Å². The van der Waals surface area contributed by atoms with Crippen molar-refractivity contribution < 1.29 is 19.0 Å². The summed E-state index contributed by atoms with van der Waals surface area (Å²) in [6, 6.07) is 31.8. The molecule has 57 heavy (non-hydrogen) atoms. The second kappa shape index (κ2) is 19.3. The number of amides is 1. The summed E-state index contributed by atoms with van der Waals surface area (Å²) in [6.07, 6.45) is 3.45. The standard InChI is InChI=1S/C25H29N3O3.C16H12BrNO.C5H12N2/c1-18-17-26-22-20(23(18)30-19-9-6-5-7-10-19)11-8-12-21(22)27-13-15-28(16-14-27)24(29)31-25(2,3)4;1-11-10-18-15-13(8-5-9-14(15)17)16(11)19-12-6-3-2-4-7-12;1-7-4-2-6-3-5-7/h5-12,17H,13-16H2,1-4H3;2-10H,1H3;6H,2-5H2,1H3. The number of benzene rings is 4. The van der Waals surface area contributed by atoms with E-state index in [0.717, 1.165) is 92.3 Å². The summed E-state index contributed by atoms with van der Waals surface area (Å²) in [5.74, 6) is 3.32. The average Bonchev–Trinajstić information content (AvgIpc) is 3.21. The number of likely N-dealkylation sites (N-methyl/N-ethyl adjacent to an activating group) is 1. The summed E-state index contributed by atoms with van der Waals surface area (Å²) in [7, 11) is 2.15. The van der Waals surface area contributed by atoms with E-state index in [-0.39, 0.29) is 6.09 Å². The van der Waals surface area contributed by atoms with Crippen LogP contribution in [-0.4, -0.2) is 90.9 Å². The Morgan fingerprint density at radius 1 is 0.667 bits per heavy atom. The van der Waals surface area contributed by atoms with E-state index in [4.69, 9.17) is 19.2 Å². The molecular weight excluding hydrogens is 780 g/mol. The molecule has 2 aliphatic rings. The maximum absolute atomic E-state index is 12.4. The monoisotopic (exact) mass is 832 g/mol. The minimum Gasteiger partial charge on any atom is -0.456 e. The average molecular weight is 834 g/mol. The highest BCUT2D eigenvalue weighted by atomic mass is 79.9. The van der Waals surface area contributed by atoms with E-state index >= 15 is 0 Å². The maximum Gasteiger partial charge on any atom is 0.410 e. The van der Waals surface area contributed by atoms with Crippen LogP contribution >= 0.6 is 15.9 Å².